The summed E-state index contributed by atoms with van der Waals surface area (Å²) in [4.78, 5) is 42.2. The third-order valence-corrected chi connectivity index (χ3v) is 7.23. The highest BCUT2D eigenvalue weighted by molar-refractivity contribution is 7.07. The molecule has 0 spiro atoms. The molecule has 0 bridgehead atoms. The van der Waals surface area contributed by atoms with Gasteiger partial charge >= 0.3 is 5.97 Å². The Kier molecular flexibility index (Phi) is 7.20. The number of rotatable bonds is 7. The van der Waals surface area contributed by atoms with Gasteiger partial charge in [0.25, 0.3) is 11.2 Å². The van der Waals surface area contributed by atoms with Crippen LogP contribution in [-0.2, 0) is 16.1 Å². The fraction of sp³-hybridized carbons (Fsp3) is 0.138. The summed E-state index contributed by atoms with van der Waals surface area (Å²) >= 11 is 1.15. The number of nitrogens with zero attached hydrogens (tertiary/aromatic N) is 3. The number of carbonyl (C=O) groups excluding carboxylic acids is 1. The van der Waals surface area contributed by atoms with Crippen LogP contribution < -0.4 is 19.6 Å². The number of carbonyl (C=O) groups is 1. The van der Waals surface area contributed by atoms with Crippen molar-refractivity contribution < 1.29 is 19.2 Å². The number of hydrogen-bond acceptors (Lipinski definition) is 8. The van der Waals surface area contributed by atoms with Gasteiger partial charge < -0.3 is 9.47 Å². The predicted molar refractivity (Wildman–Crippen MR) is 146 cm³/mol. The van der Waals surface area contributed by atoms with Gasteiger partial charge in [-0.15, -0.1) is 0 Å². The smallest absolute Gasteiger partial charge is 0.338 e. The van der Waals surface area contributed by atoms with Gasteiger partial charge in [0.15, 0.2) is 4.80 Å². The lowest BCUT2D eigenvalue weighted by molar-refractivity contribution is -0.384. The summed E-state index contributed by atoms with van der Waals surface area (Å²) in [5.41, 5.74) is 2.48. The number of thiazole rings is 1. The summed E-state index contributed by atoms with van der Waals surface area (Å²) in [6.07, 6.45) is 1.59. The Balaban J connectivity index is 1.56. The molecule has 1 aromatic heterocycles. The lowest BCUT2D eigenvalue weighted by atomic mass is 9.96. The van der Waals surface area contributed by atoms with Gasteiger partial charge in [-0.05, 0) is 41.8 Å². The molecule has 1 aliphatic rings. The molecule has 1 aliphatic heterocycles. The van der Waals surface area contributed by atoms with Crippen molar-refractivity contribution in [2.45, 2.75) is 19.6 Å². The Hall–Kier alpha value is -4.83. The highest BCUT2D eigenvalue weighted by atomic mass is 32.1. The Morgan fingerprint density at radius 1 is 1.10 bits per heavy atom. The number of ether oxygens (including phenoxy) is 2. The summed E-state index contributed by atoms with van der Waals surface area (Å²) in [7, 11) is 1.29. The van der Waals surface area contributed by atoms with Crippen molar-refractivity contribution in [3.05, 3.63) is 137 Å². The average Bonchev–Trinajstić information content (AvgIpc) is 3.25. The number of non-ortho nitro benzene ring substituents is 1. The van der Waals surface area contributed by atoms with E-state index in [1.807, 2.05) is 42.5 Å². The third-order valence-electron chi connectivity index (χ3n) is 6.25. The zero-order valence-electron chi connectivity index (χ0n) is 21.1. The molecule has 0 aliphatic carbocycles. The Labute approximate surface area is 226 Å². The Morgan fingerprint density at radius 3 is 2.54 bits per heavy atom. The molecule has 10 heteroatoms. The first kappa shape index (κ1) is 25.8. The summed E-state index contributed by atoms with van der Waals surface area (Å²) in [6, 6.07) is 22.2. The van der Waals surface area contributed by atoms with Crippen molar-refractivity contribution in [3.8, 4) is 5.75 Å². The molecule has 0 fully saturated rings. The fourth-order valence-corrected chi connectivity index (χ4v) is 5.42. The lowest BCUT2D eigenvalue weighted by Crippen LogP contribution is -2.39. The van der Waals surface area contributed by atoms with Gasteiger partial charge in [-0.25, -0.2) is 9.79 Å². The van der Waals surface area contributed by atoms with E-state index in [0.29, 0.717) is 38.5 Å². The largest absolute Gasteiger partial charge is 0.489 e. The van der Waals surface area contributed by atoms with Crippen molar-refractivity contribution in [3.63, 3.8) is 0 Å². The second-order valence-electron chi connectivity index (χ2n) is 8.77. The molecule has 3 aromatic carbocycles. The molecule has 39 heavy (non-hydrogen) atoms. The van der Waals surface area contributed by atoms with Crippen LogP contribution in [0.15, 0.2) is 99.9 Å². The Bertz CT molecular complexity index is 1770. The van der Waals surface area contributed by atoms with Crippen LogP contribution in [0.4, 0.5) is 5.69 Å². The molecule has 0 radical (unpaired) electrons. The van der Waals surface area contributed by atoms with E-state index in [9.17, 15) is 19.7 Å². The number of methoxy groups -OCH3 is 1. The summed E-state index contributed by atoms with van der Waals surface area (Å²) in [5.74, 6) is 0.0552. The number of aromatic nitrogens is 1. The summed E-state index contributed by atoms with van der Waals surface area (Å²) in [6.45, 7) is 2.11. The zero-order chi connectivity index (χ0) is 27.5. The highest BCUT2D eigenvalue weighted by Gasteiger charge is 2.33. The normalized spacial score (nSPS) is 14.9. The molecule has 5 rings (SSSR count). The number of esters is 1. The maximum Gasteiger partial charge on any atom is 0.338 e. The maximum absolute atomic E-state index is 13.7. The first-order chi connectivity index (χ1) is 18.9. The van der Waals surface area contributed by atoms with Crippen LogP contribution in [0.5, 0.6) is 5.75 Å². The van der Waals surface area contributed by atoms with Crippen molar-refractivity contribution in [1.29, 1.82) is 0 Å². The molecular weight excluding hydrogens is 518 g/mol. The van der Waals surface area contributed by atoms with Crippen molar-refractivity contribution in [2.24, 2.45) is 4.99 Å². The number of allylic oxidation sites excluding steroid dienone is 1. The molecule has 0 amide bonds. The second-order valence-corrected chi connectivity index (χ2v) is 9.78. The topological polar surface area (TPSA) is 113 Å². The number of hydrogen-bond donors (Lipinski definition) is 0. The summed E-state index contributed by atoms with van der Waals surface area (Å²) < 4.78 is 12.7. The molecule has 0 N–H and O–H groups in total. The van der Waals surface area contributed by atoms with Crippen LogP contribution in [0.3, 0.4) is 0 Å². The molecule has 1 atom stereocenters. The molecule has 4 aromatic rings. The van der Waals surface area contributed by atoms with E-state index in [0.717, 1.165) is 16.9 Å². The minimum atomic E-state index is -0.774. The fourth-order valence-electron chi connectivity index (χ4n) is 4.37. The first-order valence-corrected chi connectivity index (χ1v) is 12.8. The highest BCUT2D eigenvalue weighted by Crippen LogP contribution is 2.31. The van der Waals surface area contributed by atoms with Gasteiger partial charge in [0.05, 0.1) is 33.9 Å². The number of fused-ring (bicyclic) bond motifs is 1. The van der Waals surface area contributed by atoms with Crippen LogP contribution in [0.2, 0.25) is 0 Å². The van der Waals surface area contributed by atoms with Gasteiger partial charge in [-0.3, -0.25) is 19.5 Å². The lowest BCUT2D eigenvalue weighted by Gasteiger charge is -2.24. The van der Waals surface area contributed by atoms with E-state index < -0.39 is 16.9 Å². The minimum absolute atomic E-state index is 0.0761. The average molecular weight is 542 g/mol. The van der Waals surface area contributed by atoms with Gasteiger partial charge in [0.1, 0.15) is 12.4 Å². The molecule has 2 heterocycles. The zero-order valence-corrected chi connectivity index (χ0v) is 21.9. The molecule has 1 unspecified atom stereocenters. The van der Waals surface area contributed by atoms with E-state index >= 15 is 0 Å². The monoisotopic (exact) mass is 541 g/mol. The van der Waals surface area contributed by atoms with E-state index in [1.54, 1.807) is 37.3 Å². The van der Waals surface area contributed by atoms with Crippen molar-refractivity contribution in [1.82, 2.24) is 4.57 Å². The SMILES string of the molecule is COC(=O)C1=C(C)N=c2s/c(=C\c3cccc([N+](=O)[O-])c3)c(=O)n2C1c1ccc(OCc2ccccc2)cc1. The maximum atomic E-state index is 13.7. The summed E-state index contributed by atoms with van der Waals surface area (Å²) in [5, 5.41) is 11.2. The van der Waals surface area contributed by atoms with E-state index in [1.165, 1.54) is 23.8 Å². The molecule has 9 nitrogen and oxygen atoms in total. The minimum Gasteiger partial charge on any atom is -0.489 e. The van der Waals surface area contributed by atoms with E-state index in [-0.39, 0.29) is 16.8 Å². The molecular formula is C29H23N3O6S. The number of nitro groups is 1. The second kappa shape index (κ2) is 10.9. The van der Waals surface area contributed by atoms with Gasteiger partial charge in [0.2, 0.25) is 0 Å². The molecule has 196 valence electrons. The molecule has 0 saturated carbocycles. The van der Waals surface area contributed by atoms with Crippen molar-refractivity contribution in [2.75, 3.05) is 7.11 Å². The van der Waals surface area contributed by atoms with Gasteiger partial charge in [-0.1, -0.05) is 65.9 Å². The number of benzene rings is 3. The van der Waals surface area contributed by atoms with Crippen molar-refractivity contribution >= 4 is 29.1 Å². The standard InChI is InChI=1S/C29H23N3O6S/c1-18-25(28(34)37-2)26(21-11-13-23(14-12-21)38-17-19-7-4-3-5-8-19)31-27(33)24(39-29(31)30-18)16-20-9-6-10-22(15-20)32(35)36/h3-16,26H,17H2,1-2H3/b24-16-. The quantitative estimate of drug-likeness (QED) is 0.199. The predicted octanol–water partition coefficient (Wildman–Crippen LogP) is 3.90. The number of nitro benzene ring substituents is 1. The van der Waals surface area contributed by atoms with Crippen LogP contribution in [-0.4, -0.2) is 22.6 Å². The van der Waals surface area contributed by atoms with Gasteiger partial charge in [-0.2, -0.15) is 0 Å². The molecule has 0 saturated heterocycles. The third kappa shape index (κ3) is 5.27. The Morgan fingerprint density at radius 2 is 1.85 bits per heavy atom. The van der Waals surface area contributed by atoms with E-state index in [4.69, 9.17) is 9.47 Å². The van der Waals surface area contributed by atoms with Gasteiger partial charge in [0, 0.05) is 12.1 Å². The van der Waals surface area contributed by atoms with Crippen LogP contribution in [0, 0.1) is 10.1 Å². The van der Waals surface area contributed by atoms with E-state index in [2.05, 4.69) is 4.99 Å². The van der Waals surface area contributed by atoms with Crippen LogP contribution >= 0.6 is 11.3 Å². The first-order valence-electron chi connectivity index (χ1n) is 12.0. The van der Waals surface area contributed by atoms with Crippen LogP contribution in [0.1, 0.15) is 29.7 Å². The van der Waals surface area contributed by atoms with Crippen LogP contribution in [0.25, 0.3) is 6.08 Å².